The lowest BCUT2D eigenvalue weighted by atomic mass is 10.2. The third kappa shape index (κ3) is 6.59. The fraction of sp³-hybridized carbons (Fsp3) is 0.333. The van der Waals surface area contributed by atoms with Crippen molar-refractivity contribution in [1.29, 1.82) is 0 Å². The molecule has 0 saturated heterocycles. The van der Waals surface area contributed by atoms with Gasteiger partial charge in [-0.1, -0.05) is 42.4 Å². The molecule has 1 unspecified atom stereocenters. The van der Waals surface area contributed by atoms with E-state index in [1.807, 2.05) is 25.1 Å². The number of nitrogens with one attached hydrogen (secondary N) is 1. The maximum atomic E-state index is 12.4. The molecule has 7 heteroatoms. The molecule has 0 heterocycles. The number of anilines is 1. The van der Waals surface area contributed by atoms with Crippen LogP contribution >= 0.6 is 0 Å². The molecule has 0 aromatic heterocycles. The number of para-hydroxylation sites is 1. The molecule has 28 heavy (non-hydrogen) atoms. The summed E-state index contributed by atoms with van der Waals surface area (Å²) in [5, 5.41) is 19.4. The zero-order valence-electron chi connectivity index (χ0n) is 16.7. The smallest absolute Gasteiger partial charge is 0.412 e. The van der Waals surface area contributed by atoms with Crippen LogP contribution in [0.3, 0.4) is 0 Å². The van der Waals surface area contributed by atoms with E-state index in [2.05, 4.69) is 10.4 Å². The van der Waals surface area contributed by atoms with E-state index in [0.717, 1.165) is 0 Å². The summed E-state index contributed by atoms with van der Waals surface area (Å²) in [6.45, 7) is 2.30. The van der Waals surface area contributed by atoms with Crippen molar-refractivity contribution in [3.8, 4) is 5.75 Å². The average Bonchev–Trinajstić information content (AvgIpc) is 2.67. The van der Waals surface area contributed by atoms with E-state index >= 15 is 0 Å². The summed E-state index contributed by atoms with van der Waals surface area (Å²) in [5.41, 5.74) is 1.14. The minimum atomic E-state index is -0.528. The molecule has 2 aromatic rings. The number of ether oxygens (including phenoxy) is 2. The molecular weight excluding hydrogens is 358 g/mol. The van der Waals surface area contributed by atoms with Crippen LogP contribution in [0.4, 0.5) is 10.5 Å². The largest absolute Gasteiger partial charge is 0.855 e. The summed E-state index contributed by atoms with van der Waals surface area (Å²) in [4.78, 5) is 12.1. The SMILES string of the molecule is CCC(C[N+](C)(C)/N=C(\[O-])c1ccc(OC)cc1)OC(=O)Nc1ccccc1. The maximum Gasteiger partial charge on any atom is 0.412 e. The first-order chi connectivity index (χ1) is 13.3. The van der Waals surface area contributed by atoms with Crippen molar-refractivity contribution in [3.05, 3.63) is 60.2 Å². The van der Waals surface area contributed by atoms with E-state index < -0.39 is 6.09 Å². The predicted molar refractivity (Wildman–Crippen MR) is 107 cm³/mol. The average molecular weight is 385 g/mol. The number of nitrogens with zero attached hydrogens (tertiary/aromatic N) is 2. The van der Waals surface area contributed by atoms with Crippen LogP contribution in [0, 0.1) is 0 Å². The molecule has 2 aromatic carbocycles. The van der Waals surface area contributed by atoms with Gasteiger partial charge in [0.05, 0.1) is 27.1 Å². The van der Waals surface area contributed by atoms with Gasteiger partial charge in [0.1, 0.15) is 12.3 Å². The predicted octanol–water partition coefficient (Wildman–Crippen LogP) is 2.82. The minimum absolute atomic E-state index is 0.0436. The van der Waals surface area contributed by atoms with Crippen LogP contribution in [0.15, 0.2) is 59.7 Å². The number of hydrogen-bond donors (Lipinski definition) is 1. The van der Waals surface area contributed by atoms with Crippen molar-refractivity contribution in [2.45, 2.75) is 19.4 Å². The first-order valence-electron chi connectivity index (χ1n) is 9.10. The Morgan fingerprint density at radius 3 is 2.36 bits per heavy atom. The van der Waals surface area contributed by atoms with Crippen LogP contribution in [0.2, 0.25) is 0 Å². The standard InChI is InChI=1S/C21H27N3O4/c1-5-18(28-21(26)22-17-9-7-6-8-10-17)15-24(2,3)23-20(25)16-11-13-19(27-4)14-12-16/h6-14,18H,5,15H2,1-4H3,(H-,22,23,25,26). The molecule has 0 spiro atoms. The van der Waals surface area contributed by atoms with Gasteiger partial charge in [0.25, 0.3) is 0 Å². The quantitative estimate of drug-likeness (QED) is 0.328. The van der Waals surface area contributed by atoms with Gasteiger partial charge in [0.2, 0.25) is 0 Å². The Labute approximate surface area is 165 Å². The van der Waals surface area contributed by atoms with Crippen molar-refractivity contribution in [1.82, 2.24) is 0 Å². The molecule has 0 radical (unpaired) electrons. The molecule has 0 bridgehead atoms. The Bertz CT molecular complexity index is 789. The van der Waals surface area contributed by atoms with Gasteiger partial charge in [0, 0.05) is 5.69 Å². The molecule has 0 aliphatic carbocycles. The second-order valence-corrected chi connectivity index (χ2v) is 6.86. The Hall–Kier alpha value is -3.06. The number of methoxy groups -OCH3 is 1. The Morgan fingerprint density at radius 1 is 1.14 bits per heavy atom. The number of hydrogen-bond acceptors (Lipinski definition) is 5. The van der Waals surface area contributed by atoms with Gasteiger partial charge in [-0.3, -0.25) is 5.32 Å². The topological polar surface area (TPSA) is 83.0 Å². The van der Waals surface area contributed by atoms with Crippen LogP contribution in [0.5, 0.6) is 5.75 Å². The molecule has 0 aliphatic rings. The lowest BCUT2D eigenvalue weighted by Gasteiger charge is -2.29. The van der Waals surface area contributed by atoms with Crippen molar-refractivity contribution < 1.29 is 24.0 Å². The second kappa shape index (κ2) is 9.75. The highest BCUT2D eigenvalue weighted by Crippen LogP contribution is 2.14. The summed E-state index contributed by atoms with van der Waals surface area (Å²) in [5.74, 6) is 0.338. The molecule has 150 valence electrons. The molecule has 2 rings (SSSR count). The van der Waals surface area contributed by atoms with E-state index in [1.54, 1.807) is 57.6 Å². The normalized spacial score (nSPS) is 12.9. The highest BCUT2D eigenvalue weighted by Gasteiger charge is 2.24. The number of quaternary nitrogens is 1. The van der Waals surface area contributed by atoms with Crippen LogP contribution in [0.1, 0.15) is 18.9 Å². The summed E-state index contributed by atoms with van der Waals surface area (Å²) in [7, 11) is 5.16. The first-order valence-corrected chi connectivity index (χ1v) is 9.10. The van der Waals surface area contributed by atoms with Gasteiger partial charge in [-0.2, -0.15) is 4.59 Å². The van der Waals surface area contributed by atoms with Crippen molar-refractivity contribution in [2.75, 3.05) is 33.1 Å². The van der Waals surface area contributed by atoms with Gasteiger partial charge >= 0.3 is 6.09 Å². The van der Waals surface area contributed by atoms with Crippen LogP contribution in [0.25, 0.3) is 0 Å². The highest BCUT2D eigenvalue weighted by molar-refractivity contribution is 5.90. The Balaban J connectivity index is 1.99. The third-order valence-electron chi connectivity index (χ3n) is 4.10. The highest BCUT2D eigenvalue weighted by atomic mass is 16.6. The fourth-order valence-electron chi connectivity index (χ4n) is 2.65. The van der Waals surface area contributed by atoms with Gasteiger partial charge in [0.15, 0.2) is 6.10 Å². The zero-order valence-corrected chi connectivity index (χ0v) is 16.7. The van der Waals surface area contributed by atoms with E-state index in [9.17, 15) is 9.90 Å². The monoisotopic (exact) mass is 385 g/mol. The van der Waals surface area contributed by atoms with E-state index in [-0.39, 0.29) is 16.6 Å². The lowest BCUT2D eigenvalue weighted by Crippen LogP contribution is -2.44. The molecule has 1 N–H and O–H groups in total. The number of likely N-dealkylation sites (N-methyl/N-ethyl adjacent to an activating group) is 1. The van der Waals surface area contributed by atoms with E-state index in [4.69, 9.17) is 9.47 Å². The molecule has 0 fully saturated rings. The fourth-order valence-corrected chi connectivity index (χ4v) is 2.65. The summed E-state index contributed by atoms with van der Waals surface area (Å²) >= 11 is 0. The first kappa shape index (κ1) is 21.2. The molecule has 0 aliphatic heterocycles. The van der Waals surface area contributed by atoms with Crippen LogP contribution in [-0.4, -0.2) is 50.4 Å². The number of amides is 1. The Morgan fingerprint density at radius 2 is 1.79 bits per heavy atom. The summed E-state index contributed by atoms with van der Waals surface area (Å²) in [6, 6.07) is 15.9. The zero-order chi connectivity index (χ0) is 20.6. The van der Waals surface area contributed by atoms with Gasteiger partial charge < -0.3 is 14.6 Å². The number of rotatable bonds is 8. The second-order valence-electron chi connectivity index (χ2n) is 6.86. The van der Waals surface area contributed by atoms with Crippen molar-refractivity contribution in [3.63, 3.8) is 0 Å². The number of carbonyl (C=O) groups is 1. The van der Waals surface area contributed by atoms with Gasteiger partial charge in [-0.05, 0) is 36.2 Å². The van der Waals surface area contributed by atoms with E-state index in [0.29, 0.717) is 30.0 Å². The van der Waals surface area contributed by atoms with Crippen molar-refractivity contribution in [2.24, 2.45) is 5.10 Å². The lowest BCUT2D eigenvalue weighted by molar-refractivity contribution is -0.901. The summed E-state index contributed by atoms with van der Waals surface area (Å²) < 4.78 is 10.6. The Kier molecular flexibility index (Phi) is 7.40. The molecule has 1 amide bonds. The van der Waals surface area contributed by atoms with Gasteiger partial charge in [-0.15, -0.1) is 0 Å². The third-order valence-corrected chi connectivity index (χ3v) is 4.10. The van der Waals surface area contributed by atoms with E-state index in [1.165, 1.54) is 0 Å². The van der Waals surface area contributed by atoms with Crippen LogP contribution in [-0.2, 0) is 4.74 Å². The molecular formula is C21H27N3O4. The minimum Gasteiger partial charge on any atom is -0.855 e. The van der Waals surface area contributed by atoms with Crippen LogP contribution < -0.4 is 15.2 Å². The summed E-state index contributed by atoms with van der Waals surface area (Å²) in [6.07, 6.45) is -0.304. The number of carbonyl (C=O) groups excluding carboxylic acids is 1. The van der Waals surface area contributed by atoms with Gasteiger partial charge in [-0.25, -0.2) is 4.79 Å². The van der Waals surface area contributed by atoms with Crippen molar-refractivity contribution >= 4 is 17.7 Å². The molecule has 7 nitrogen and oxygen atoms in total. The molecule has 0 saturated carbocycles. The maximum absolute atomic E-state index is 12.4. The molecule has 1 atom stereocenters. The number of benzene rings is 2.